The molecule has 6 heterocycles. The van der Waals surface area contributed by atoms with Crippen LogP contribution in [0.1, 0.15) is 104 Å². The van der Waals surface area contributed by atoms with Crippen molar-refractivity contribution >= 4 is 38.3 Å². The molecule has 5 fully saturated rings. The van der Waals surface area contributed by atoms with Crippen molar-refractivity contribution in [1.29, 1.82) is 0 Å². The van der Waals surface area contributed by atoms with Crippen molar-refractivity contribution in [2.45, 2.75) is 106 Å². The number of rotatable bonds is 17. The quantitative estimate of drug-likeness (QED) is 0.0649. The average Bonchev–Trinajstić information content (AvgIpc) is 4.08. The summed E-state index contributed by atoms with van der Waals surface area (Å²) in [5.41, 5.74) is 3.34. The van der Waals surface area contributed by atoms with E-state index in [0.717, 1.165) is 113 Å². The second kappa shape index (κ2) is 22.8. The second-order valence-corrected chi connectivity index (χ2v) is 24.4. The first-order valence-corrected chi connectivity index (χ1v) is 29.3. The molecule has 0 radical (unpaired) electrons. The van der Waals surface area contributed by atoms with Gasteiger partial charge in [0.1, 0.15) is 35.2 Å². The fraction of sp³-hybridized carbons (Fsp3) is 0.467. The number of nitro benzene ring substituents is 1. The first-order valence-electron chi connectivity index (χ1n) is 27.8. The number of methoxy groups -OCH3 is 1. The maximum atomic E-state index is 16.0. The van der Waals surface area contributed by atoms with E-state index in [1.54, 1.807) is 37.6 Å². The SMILES string of the molecule is COc1ccc(CN2CCN(C3CC4(CCN(c5ccc(C(=O)NS(=O)(=O)c6ccc(OCC7(F)CCN(C8CCOCC8)CC7)c([N+](=O)[O-])c6)c(Oc6cnc7[nH]ccc7c6)c5)CC4)C3)[C@@H](c3ccccc3C(C)C)C2)cc1. The Morgan fingerprint density at radius 2 is 1.65 bits per heavy atom. The van der Waals surface area contributed by atoms with Crippen LogP contribution < -0.4 is 23.8 Å². The Labute approximate surface area is 461 Å². The summed E-state index contributed by atoms with van der Waals surface area (Å²) in [6, 6.07) is 30.3. The zero-order valence-electron chi connectivity index (χ0n) is 45.3. The molecule has 79 heavy (non-hydrogen) atoms. The van der Waals surface area contributed by atoms with Gasteiger partial charge >= 0.3 is 5.69 Å². The van der Waals surface area contributed by atoms with E-state index < -0.39 is 43.7 Å². The van der Waals surface area contributed by atoms with Crippen molar-refractivity contribution in [3.8, 4) is 23.0 Å². The lowest BCUT2D eigenvalue weighted by Crippen LogP contribution is -2.60. The molecule has 0 unspecified atom stereocenters. The number of hydrogen-bond donors (Lipinski definition) is 2. The summed E-state index contributed by atoms with van der Waals surface area (Å²) in [6.07, 6.45) is 9.72. The minimum atomic E-state index is -4.69. The van der Waals surface area contributed by atoms with E-state index in [2.05, 4.69) is 84.5 Å². The first-order chi connectivity index (χ1) is 38.1. The second-order valence-electron chi connectivity index (χ2n) is 22.7. The van der Waals surface area contributed by atoms with Gasteiger partial charge in [-0.15, -0.1) is 0 Å². The van der Waals surface area contributed by atoms with Gasteiger partial charge in [0.2, 0.25) is 0 Å². The van der Waals surface area contributed by atoms with Crippen LogP contribution in [0.3, 0.4) is 0 Å². The number of piperazine rings is 1. The summed E-state index contributed by atoms with van der Waals surface area (Å²) < 4.78 is 69.0. The number of nitrogens with one attached hydrogen (secondary N) is 2. The first kappa shape index (κ1) is 54.3. The van der Waals surface area contributed by atoms with Crippen LogP contribution in [0.4, 0.5) is 15.8 Å². The van der Waals surface area contributed by atoms with Gasteiger partial charge in [0, 0.05) is 113 Å². The van der Waals surface area contributed by atoms with Crippen LogP contribution in [0.25, 0.3) is 11.0 Å². The number of carbonyl (C=O) groups excluding carboxylic acids is 1. The molecule has 0 bridgehead atoms. The number of anilines is 1. The molecule has 4 aromatic carbocycles. The number of piperidine rings is 2. The van der Waals surface area contributed by atoms with E-state index in [1.807, 2.05) is 18.2 Å². The molecular formula is C60H71FN8O9S. The minimum absolute atomic E-state index is 0.0694. The maximum Gasteiger partial charge on any atom is 0.312 e. The van der Waals surface area contributed by atoms with Crippen LogP contribution in [0.15, 0.2) is 114 Å². The third kappa shape index (κ3) is 12.0. The molecular weight excluding hydrogens is 1030 g/mol. The van der Waals surface area contributed by atoms with Gasteiger partial charge < -0.3 is 28.8 Å². The van der Waals surface area contributed by atoms with Crippen LogP contribution in [-0.4, -0.2) is 134 Å². The van der Waals surface area contributed by atoms with E-state index in [1.165, 1.54) is 22.9 Å². The van der Waals surface area contributed by atoms with Crippen molar-refractivity contribution < 1.29 is 41.5 Å². The van der Waals surface area contributed by atoms with Gasteiger partial charge in [-0.3, -0.25) is 29.6 Å². The number of likely N-dealkylation sites (tertiary alicyclic amines) is 1. The summed E-state index contributed by atoms with van der Waals surface area (Å²) in [6.45, 7) is 12.0. The molecule has 1 aliphatic carbocycles. The lowest BCUT2D eigenvalue weighted by atomic mass is 9.59. The molecule has 6 aromatic rings. The van der Waals surface area contributed by atoms with Crippen molar-refractivity contribution in [3.63, 3.8) is 0 Å². The Hall–Kier alpha value is -6.64. The van der Waals surface area contributed by atoms with Gasteiger partial charge in [-0.25, -0.2) is 22.5 Å². The number of aromatic nitrogens is 2. The topological polar surface area (TPSA) is 185 Å². The predicted octanol–water partition coefficient (Wildman–Crippen LogP) is 10.2. The fourth-order valence-corrected chi connectivity index (χ4v) is 13.8. The van der Waals surface area contributed by atoms with E-state index in [9.17, 15) is 23.3 Å². The molecule has 1 amide bonds. The van der Waals surface area contributed by atoms with E-state index in [4.69, 9.17) is 18.9 Å². The van der Waals surface area contributed by atoms with Gasteiger partial charge in [-0.1, -0.05) is 50.2 Å². The highest BCUT2D eigenvalue weighted by molar-refractivity contribution is 7.90. The third-order valence-corrected chi connectivity index (χ3v) is 18.7. The van der Waals surface area contributed by atoms with Gasteiger partial charge in [-0.05, 0) is 128 Å². The number of aromatic amines is 1. The number of nitro groups is 1. The van der Waals surface area contributed by atoms with Gasteiger partial charge in [0.05, 0.1) is 28.7 Å². The highest BCUT2D eigenvalue weighted by Crippen LogP contribution is 2.53. The van der Waals surface area contributed by atoms with E-state index >= 15 is 4.39 Å². The molecule has 418 valence electrons. The molecule has 4 aliphatic heterocycles. The Morgan fingerprint density at radius 3 is 2.38 bits per heavy atom. The van der Waals surface area contributed by atoms with Gasteiger partial charge in [-0.2, -0.15) is 0 Å². The monoisotopic (exact) mass is 1100 g/mol. The van der Waals surface area contributed by atoms with Gasteiger partial charge in [0.25, 0.3) is 15.9 Å². The van der Waals surface area contributed by atoms with Crippen LogP contribution >= 0.6 is 0 Å². The van der Waals surface area contributed by atoms with Crippen LogP contribution in [0.5, 0.6) is 23.0 Å². The number of amides is 1. The number of pyridine rings is 1. The normalized spacial score (nSPS) is 20.5. The van der Waals surface area contributed by atoms with E-state index in [0.29, 0.717) is 55.7 Å². The molecule has 11 rings (SSSR count). The van der Waals surface area contributed by atoms with Crippen LogP contribution in [0, 0.1) is 15.5 Å². The number of sulfonamides is 1. The lowest BCUT2D eigenvalue weighted by Gasteiger charge is -2.58. The van der Waals surface area contributed by atoms with Crippen LogP contribution in [0.2, 0.25) is 0 Å². The highest BCUT2D eigenvalue weighted by atomic mass is 32.2. The number of alkyl halides is 1. The molecule has 19 heteroatoms. The predicted molar refractivity (Wildman–Crippen MR) is 299 cm³/mol. The third-order valence-electron chi connectivity index (χ3n) is 17.4. The van der Waals surface area contributed by atoms with Gasteiger partial charge in [0.15, 0.2) is 5.75 Å². The van der Waals surface area contributed by atoms with Crippen molar-refractivity contribution in [2.75, 3.05) is 77.6 Å². The fourth-order valence-electron chi connectivity index (χ4n) is 12.8. The van der Waals surface area contributed by atoms with Crippen LogP contribution in [-0.2, 0) is 21.3 Å². The number of ether oxygens (including phenoxy) is 4. The van der Waals surface area contributed by atoms with E-state index in [-0.39, 0.29) is 41.4 Å². The number of carbonyl (C=O) groups is 1. The number of hydrogen-bond acceptors (Lipinski definition) is 14. The standard InChI is InChI=1S/C60H71FN8O9S/c1-41(2)50-6-4-5-7-51(50)54-39-65(38-42-8-11-47(75-3)12-9-42)28-29-68(54)46-35-59(36-46)19-24-67(25-20-59)45-10-14-52(56(33-45)78-48-32-43-16-23-62-57(43)63-37-48)58(70)64-79(73,74)49-13-15-55(53(34-49)69(71)72)77-40-60(61)21-26-66(27-22-60)44-17-30-76-31-18-44/h4-16,23,32-34,37,41,44,46,54H,17-22,24-31,35-36,38-40H2,1-3H3,(H,62,63)(H,64,70)/t54-/m1/s1. The number of halogens is 1. The Kier molecular flexibility index (Phi) is 15.7. The largest absolute Gasteiger partial charge is 0.497 e. The Bertz CT molecular complexity index is 3260. The highest BCUT2D eigenvalue weighted by Gasteiger charge is 2.50. The summed E-state index contributed by atoms with van der Waals surface area (Å²) >= 11 is 0. The molecule has 1 spiro atoms. The number of nitrogens with zero attached hydrogens (tertiary/aromatic N) is 6. The smallest absolute Gasteiger partial charge is 0.312 e. The molecule has 2 aromatic heterocycles. The minimum Gasteiger partial charge on any atom is -0.497 e. The maximum absolute atomic E-state index is 16.0. The van der Waals surface area contributed by atoms with Crippen molar-refractivity contribution in [2.24, 2.45) is 5.41 Å². The summed E-state index contributed by atoms with van der Waals surface area (Å²) in [5.74, 6) is 0.443. The molecule has 1 atom stereocenters. The number of fused-ring (bicyclic) bond motifs is 1. The molecule has 2 N–H and O–H groups in total. The van der Waals surface area contributed by atoms with Crippen molar-refractivity contribution in [1.82, 2.24) is 29.4 Å². The molecule has 5 aliphatic rings. The molecule has 1 saturated carbocycles. The zero-order chi connectivity index (χ0) is 54.9. The van der Waals surface area contributed by atoms with Crippen molar-refractivity contribution in [3.05, 3.63) is 142 Å². The lowest BCUT2D eigenvalue weighted by molar-refractivity contribution is -0.386. The Balaban J connectivity index is 0.764. The molecule has 17 nitrogen and oxygen atoms in total. The summed E-state index contributed by atoms with van der Waals surface area (Å²) in [4.78, 5) is 42.7. The average molecular weight is 1100 g/mol. The molecule has 4 saturated heterocycles. The number of H-pyrrole nitrogens is 1. The summed E-state index contributed by atoms with van der Waals surface area (Å²) in [5, 5.41) is 13.1. The summed E-state index contributed by atoms with van der Waals surface area (Å²) in [7, 11) is -2.99. The Morgan fingerprint density at radius 1 is 0.886 bits per heavy atom. The zero-order valence-corrected chi connectivity index (χ0v) is 46.1. The number of benzene rings is 4.